The number of fused-ring (bicyclic) bond motifs is 1. The van der Waals surface area contributed by atoms with Gasteiger partial charge in [0.2, 0.25) is 11.9 Å². The van der Waals surface area contributed by atoms with Gasteiger partial charge in [0.15, 0.2) is 5.82 Å². The second kappa shape index (κ2) is 9.02. The number of nitrogen functional groups attached to an aromatic ring is 1. The monoisotopic (exact) mass is 574 g/mol. The number of rotatable bonds is 9. The summed E-state index contributed by atoms with van der Waals surface area (Å²) in [4.78, 5) is 26.0. The number of benzene rings is 1. The zero-order valence-corrected chi connectivity index (χ0v) is 24.4. The van der Waals surface area contributed by atoms with Crippen LogP contribution in [-0.2, 0) is 17.9 Å². The minimum absolute atomic E-state index is 0.0269. The number of methoxy groups -OCH3 is 1. The highest BCUT2D eigenvalue weighted by molar-refractivity contribution is 5.87. The number of alkyl halides is 1. The topological polar surface area (TPSA) is 114 Å². The van der Waals surface area contributed by atoms with E-state index >= 15 is 0 Å². The van der Waals surface area contributed by atoms with Crippen molar-refractivity contribution in [1.29, 1.82) is 0 Å². The summed E-state index contributed by atoms with van der Waals surface area (Å²) in [5, 5.41) is 8.07. The molecule has 11 heteroatoms. The molecule has 42 heavy (non-hydrogen) atoms. The molecule has 0 bridgehead atoms. The molecule has 1 unspecified atom stereocenters. The van der Waals surface area contributed by atoms with Crippen LogP contribution in [0.5, 0.6) is 5.75 Å². The van der Waals surface area contributed by atoms with E-state index < -0.39 is 6.17 Å². The van der Waals surface area contributed by atoms with E-state index in [0.717, 1.165) is 88.2 Å². The lowest BCUT2D eigenvalue weighted by atomic mass is 9.71. The van der Waals surface area contributed by atoms with Crippen LogP contribution in [-0.4, -0.2) is 81.5 Å². The Labute approximate surface area is 244 Å². The Balaban J connectivity index is 0.915. The van der Waals surface area contributed by atoms with E-state index in [1.807, 2.05) is 4.68 Å². The van der Waals surface area contributed by atoms with Gasteiger partial charge in [-0.15, -0.1) is 0 Å². The van der Waals surface area contributed by atoms with Crippen LogP contribution < -0.4 is 15.8 Å². The molecular weight excluding hydrogens is 535 g/mol. The molecule has 2 saturated heterocycles. The van der Waals surface area contributed by atoms with Crippen LogP contribution in [0.15, 0.2) is 24.4 Å². The van der Waals surface area contributed by atoms with E-state index in [2.05, 4.69) is 55.3 Å². The number of amides is 1. The summed E-state index contributed by atoms with van der Waals surface area (Å²) in [6.45, 7) is 8.07. The van der Waals surface area contributed by atoms with Gasteiger partial charge in [-0.1, -0.05) is 19.1 Å². The zero-order chi connectivity index (χ0) is 28.9. The maximum atomic E-state index is 13.6. The molecule has 8 rings (SSSR count). The lowest BCUT2D eigenvalue weighted by Crippen LogP contribution is -2.73. The largest absolute Gasteiger partial charge is 0.496 e. The Bertz CT molecular complexity index is 1560. The number of halogens is 1. The minimum Gasteiger partial charge on any atom is -0.496 e. The lowest BCUT2D eigenvalue weighted by molar-refractivity contribution is -0.164. The van der Waals surface area contributed by atoms with Gasteiger partial charge in [-0.05, 0) is 49.7 Å². The van der Waals surface area contributed by atoms with Crippen LogP contribution in [0.3, 0.4) is 0 Å². The Morgan fingerprint density at radius 2 is 1.90 bits per heavy atom. The molecule has 2 aromatic heterocycles. The van der Waals surface area contributed by atoms with Gasteiger partial charge in [0, 0.05) is 61.1 Å². The number of ether oxygens (including phenoxy) is 1. The number of nitrogens with zero attached hydrogens (tertiary/aromatic N) is 6. The van der Waals surface area contributed by atoms with Gasteiger partial charge in [0.1, 0.15) is 23.0 Å². The van der Waals surface area contributed by atoms with E-state index in [9.17, 15) is 9.18 Å². The highest BCUT2D eigenvalue weighted by atomic mass is 19.1. The van der Waals surface area contributed by atoms with Crippen molar-refractivity contribution in [2.75, 3.05) is 50.9 Å². The Kier molecular flexibility index (Phi) is 5.62. The van der Waals surface area contributed by atoms with E-state index in [1.54, 1.807) is 13.3 Å². The molecule has 3 saturated carbocycles. The summed E-state index contributed by atoms with van der Waals surface area (Å²) < 4.78 is 21.3. The second-order valence-electron chi connectivity index (χ2n) is 14.2. The molecule has 2 spiro atoms. The molecule has 5 aliphatic rings. The van der Waals surface area contributed by atoms with Gasteiger partial charge in [-0.25, -0.2) is 9.37 Å². The van der Waals surface area contributed by atoms with E-state index in [-0.39, 0.29) is 22.2 Å². The fourth-order valence-corrected chi connectivity index (χ4v) is 7.80. The maximum Gasteiger partial charge on any atom is 0.228 e. The van der Waals surface area contributed by atoms with Gasteiger partial charge in [-0.3, -0.25) is 14.4 Å². The summed E-state index contributed by atoms with van der Waals surface area (Å²) >= 11 is 0. The first-order valence-corrected chi connectivity index (χ1v) is 15.2. The first-order chi connectivity index (χ1) is 20.2. The van der Waals surface area contributed by atoms with E-state index in [1.165, 1.54) is 5.56 Å². The van der Waals surface area contributed by atoms with Crippen molar-refractivity contribution in [3.05, 3.63) is 35.5 Å². The molecule has 1 amide bonds. The number of likely N-dealkylation sites (tertiary alicyclic amines) is 2. The molecule has 222 valence electrons. The summed E-state index contributed by atoms with van der Waals surface area (Å²) in [6.07, 6.45) is 5.78. The van der Waals surface area contributed by atoms with Gasteiger partial charge in [0.05, 0.1) is 19.9 Å². The van der Waals surface area contributed by atoms with Crippen molar-refractivity contribution < 1.29 is 13.9 Å². The van der Waals surface area contributed by atoms with Crippen LogP contribution in [0.4, 0.5) is 16.2 Å². The Hall–Kier alpha value is -3.47. The third kappa shape index (κ3) is 4.30. The number of aromatic nitrogens is 4. The normalized spacial score (nSPS) is 28.3. The summed E-state index contributed by atoms with van der Waals surface area (Å²) in [5.74, 6) is 2.48. The molecule has 2 aliphatic heterocycles. The van der Waals surface area contributed by atoms with Crippen LogP contribution >= 0.6 is 0 Å². The first kappa shape index (κ1) is 26.2. The molecule has 10 nitrogen and oxygen atoms in total. The quantitative estimate of drug-likeness (QED) is 0.400. The number of carbonyl (C=O) groups excluding carboxylic acids is 1. The molecule has 0 radical (unpaired) electrons. The third-order valence-electron chi connectivity index (χ3n) is 10.6. The summed E-state index contributed by atoms with van der Waals surface area (Å²) in [7, 11) is 1.70. The maximum absolute atomic E-state index is 13.6. The Morgan fingerprint density at radius 3 is 2.60 bits per heavy atom. The molecule has 3 aromatic rings. The molecule has 4 heterocycles. The average Bonchev–Trinajstić information content (AvgIpc) is 3.77. The van der Waals surface area contributed by atoms with Crippen molar-refractivity contribution in [3.63, 3.8) is 0 Å². The van der Waals surface area contributed by atoms with Crippen molar-refractivity contribution >= 4 is 28.7 Å². The summed E-state index contributed by atoms with van der Waals surface area (Å²) in [6, 6.07) is 6.39. The predicted octanol–water partition coefficient (Wildman–Crippen LogP) is 3.46. The van der Waals surface area contributed by atoms with Gasteiger partial charge in [0.25, 0.3) is 0 Å². The van der Waals surface area contributed by atoms with Crippen LogP contribution in [0.1, 0.15) is 50.2 Å². The molecule has 1 atom stereocenters. The number of nitrogens with two attached hydrogens (primary N) is 1. The highest BCUT2D eigenvalue weighted by Gasteiger charge is 2.62. The number of hydrogen-bond donors (Lipinski definition) is 2. The zero-order valence-electron chi connectivity index (χ0n) is 24.4. The highest BCUT2D eigenvalue weighted by Crippen LogP contribution is 2.64. The second-order valence-corrected chi connectivity index (χ2v) is 14.2. The van der Waals surface area contributed by atoms with Gasteiger partial charge in [-0.2, -0.15) is 10.1 Å². The fourth-order valence-electron chi connectivity index (χ4n) is 7.80. The number of carbonyl (C=O) groups is 1. The van der Waals surface area contributed by atoms with E-state index in [0.29, 0.717) is 29.7 Å². The smallest absolute Gasteiger partial charge is 0.228 e. The number of hydrogen-bond acceptors (Lipinski definition) is 8. The Morgan fingerprint density at radius 1 is 1.14 bits per heavy atom. The van der Waals surface area contributed by atoms with E-state index in [4.69, 9.17) is 10.5 Å². The third-order valence-corrected chi connectivity index (χ3v) is 10.6. The van der Waals surface area contributed by atoms with Crippen molar-refractivity contribution in [1.82, 2.24) is 29.5 Å². The van der Waals surface area contributed by atoms with Crippen molar-refractivity contribution in [2.24, 2.45) is 22.2 Å². The number of nitrogens with one attached hydrogen (secondary N) is 1. The molecule has 5 fully saturated rings. The minimum atomic E-state index is -0.610. The SMILES string of the molecule is COc1cc(CN2CC3(C2)CN(C(=O)C2(C)CC2)C3)ccc1Cn1ncc2nc(N)nc(NCC3CC4(C3)CC4F)c21. The average molecular weight is 575 g/mol. The fraction of sp³-hybridized carbons (Fsp3) is 0.613. The molecule has 3 N–H and O–H groups in total. The predicted molar refractivity (Wildman–Crippen MR) is 157 cm³/mol. The lowest BCUT2D eigenvalue weighted by Gasteiger charge is -2.60. The molecule has 3 aliphatic carbocycles. The van der Waals surface area contributed by atoms with Crippen LogP contribution in [0.2, 0.25) is 0 Å². The standard InChI is InChI=1S/C31H39FN8O2/c1-29(5-6-29)27(41)39-17-30(18-39)15-38(16-30)13-19-3-4-21(23(7-19)42-2)14-40-25-22(12-35-40)36-28(33)37-26(25)34-11-20-8-31(9-20)10-24(31)32/h3-4,7,12,20,24H,5-6,8-11,13-18H2,1-2H3,(H3,33,34,36,37). The van der Waals surface area contributed by atoms with Crippen molar-refractivity contribution in [2.45, 2.75) is 58.3 Å². The van der Waals surface area contributed by atoms with Crippen LogP contribution in [0.25, 0.3) is 11.0 Å². The first-order valence-electron chi connectivity index (χ1n) is 15.2. The van der Waals surface area contributed by atoms with Gasteiger partial charge < -0.3 is 20.7 Å². The van der Waals surface area contributed by atoms with Crippen molar-refractivity contribution in [3.8, 4) is 5.75 Å². The summed E-state index contributed by atoms with van der Waals surface area (Å²) in [5.41, 5.74) is 9.91. The number of anilines is 2. The molecule has 1 aromatic carbocycles. The van der Waals surface area contributed by atoms with Crippen LogP contribution in [0, 0.1) is 22.2 Å². The van der Waals surface area contributed by atoms with Gasteiger partial charge >= 0.3 is 0 Å². The molecular formula is C31H39FN8O2.